The molecule has 0 unspecified atom stereocenters. The Bertz CT molecular complexity index is 797. The van der Waals surface area contributed by atoms with Crippen LogP contribution in [0.15, 0.2) is 28.2 Å². The van der Waals surface area contributed by atoms with Gasteiger partial charge in [-0.15, -0.1) is 0 Å². The number of rotatable bonds is 6. The van der Waals surface area contributed by atoms with Crippen LogP contribution in [-0.4, -0.2) is 35.3 Å². The second-order valence-electron chi connectivity index (χ2n) is 7.84. The first-order valence-corrected chi connectivity index (χ1v) is 9.82. The van der Waals surface area contributed by atoms with Gasteiger partial charge in [0.05, 0.1) is 17.9 Å². The van der Waals surface area contributed by atoms with Crippen molar-refractivity contribution in [2.24, 2.45) is 27.4 Å². The van der Waals surface area contributed by atoms with Crippen molar-refractivity contribution < 1.29 is 14.6 Å². The van der Waals surface area contributed by atoms with Gasteiger partial charge in [-0.1, -0.05) is 20.3 Å². The van der Waals surface area contributed by atoms with E-state index in [-0.39, 0.29) is 17.5 Å². The Morgan fingerprint density at radius 1 is 1.29 bits per heavy atom. The molecule has 1 aromatic carbocycles. The first kappa shape index (κ1) is 20.0. The van der Waals surface area contributed by atoms with Crippen molar-refractivity contribution in [3.63, 3.8) is 0 Å². The third-order valence-corrected chi connectivity index (χ3v) is 5.25. The van der Waals surface area contributed by atoms with Gasteiger partial charge < -0.3 is 21.3 Å². The Morgan fingerprint density at radius 3 is 2.64 bits per heavy atom. The number of aliphatic imine (C=N–C) groups is 2. The lowest BCUT2D eigenvalue weighted by molar-refractivity contribution is 0.0697. The molecule has 1 aromatic rings. The quantitative estimate of drug-likeness (QED) is 0.689. The van der Waals surface area contributed by atoms with Crippen LogP contribution in [0.1, 0.15) is 62.7 Å². The lowest BCUT2D eigenvalue weighted by Crippen LogP contribution is -2.58. The average Bonchev–Trinajstić information content (AvgIpc) is 2.62. The predicted octanol–water partition coefficient (Wildman–Crippen LogP) is 2.92. The minimum Gasteiger partial charge on any atom is -0.491 e. The van der Waals surface area contributed by atoms with E-state index in [1.54, 1.807) is 18.2 Å². The highest BCUT2D eigenvalue weighted by Gasteiger charge is 2.43. The summed E-state index contributed by atoms with van der Waals surface area (Å²) in [5.74, 6) is 0.433. The van der Waals surface area contributed by atoms with Crippen LogP contribution in [0.3, 0.4) is 0 Å². The molecule has 3 rings (SSSR count). The summed E-state index contributed by atoms with van der Waals surface area (Å²) in [6.07, 6.45) is 5.53. The van der Waals surface area contributed by atoms with E-state index in [0.29, 0.717) is 24.0 Å². The molecule has 2 aliphatic rings. The van der Waals surface area contributed by atoms with E-state index in [0.717, 1.165) is 38.5 Å². The molecular formula is C20H29N5O3. The van der Waals surface area contributed by atoms with E-state index in [1.807, 2.05) is 4.90 Å². The number of benzene rings is 1. The Kier molecular flexibility index (Phi) is 5.76. The van der Waals surface area contributed by atoms with Gasteiger partial charge in [-0.05, 0) is 56.2 Å². The van der Waals surface area contributed by atoms with Gasteiger partial charge in [0.25, 0.3) is 0 Å². The molecule has 0 bridgehead atoms. The Labute approximate surface area is 165 Å². The number of hydrogen-bond acceptors (Lipinski definition) is 7. The zero-order chi connectivity index (χ0) is 20.3. The van der Waals surface area contributed by atoms with E-state index in [2.05, 4.69) is 23.8 Å². The van der Waals surface area contributed by atoms with E-state index in [9.17, 15) is 9.90 Å². The number of nitrogens with zero attached hydrogens (tertiary/aromatic N) is 3. The molecule has 1 aliphatic carbocycles. The summed E-state index contributed by atoms with van der Waals surface area (Å²) in [7, 11) is 0. The van der Waals surface area contributed by atoms with Gasteiger partial charge >= 0.3 is 5.97 Å². The molecule has 152 valence electrons. The van der Waals surface area contributed by atoms with Crippen molar-refractivity contribution in [1.29, 1.82) is 0 Å². The topological polar surface area (TPSA) is 127 Å². The first-order chi connectivity index (χ1) is 13.3. The molecule has 1 aliphatic heterocycles. The number of hydrogen-bond donors (Lipinski definition) is 3. The first-order valence-electron chi connectivity index (χ1n) is 9.82. The lowest BCUT2D eigenvalue weighted by atomic mass is 9.87. The van der Waals surface area contributed by atoms with Crippen molar-refractivity contribution in [2.45, 2.75) is 58.0 Å². The van der Waals surface area contributed by atoms with Gasteiger partial charge in [0, 0.05) is 0 Å². The van der Waals surface area contributed by atoms with E-state index < -0.39 is 11.6 Å². The SMILES string of the molecule is CC(C)CCOc1ccc(C(=O)O)cc1N1C(N)=NC(N)=NC12CCCCC2. The largest absolute Gasteiger partial charge is 0.491 e. The highest BCUT2D eigenvalue weighted by molar-refractivity contribution is 6.07. The molecule has 5 N–H and O–H groups in total. The number of carboxylic acid groups (broad SMARTS) is 1. The smallest absolute Gasteiger partial charge is 0.335 e. The third kappa shape index (κ3) is 4.05. The van der Waals surface area contributed by atoms with Gasteiger partial charge in [0.1, 0.15) is 11.4 Å². The van der Waals surface area contributed by atoms with Crippen LogP contribution in [0, 0.1) is 5.92 Å². The second kappa shape index (κ2) is 8.08. The molecule has 0 amide bonds. The maximum absolute atomic E-state index is 11.6. The fourth-order valence-corrected chi connectivity index (χ4v) is 3.82. The van der Waals surface area contributed by atoms with Crippen LogP contribution in [0.25, 0.3) is 0 Å². The highest BCUT2D eigenvalue weighted by Crippen LogP contribution is 2.43. The Balaban J connectivity index is 2.06. The number of carbonyl (C=O) groups is 1. The van der Waals surface area contributed by atoms with Gasteiger partial charge in [0.2, 0.25) is 11.9 Å². The van der Waals surface area contributed by atoms with Crippen LogP contribution in [0.2, 0.25) is 0 Å². The minimum absolute atomic E-state index is 0.160. The maximum Gasteiger partial charge on any atom is 0.335 e. The number of ether oxygens (including phenoxy) is 1. The van der Waals surface area contributed by atoms with E-state index in [4.69, 9.17) is 16.2 Å². The van der Waals surface area contributed by atoms with Gasteiger partial charge in [-0.3, -0.25) is 4.90 Å². The summed E-state index contributed by atoms with van der Waals surface area (Å²) in [6.45, 7) is 4.78. The van der Waals surface area contributed by atoms with Crippen LogP contribution in [-0.2, 0) is 0 Å². The Hall–Kier alpha value is -2.77. The highest BCUT2D eigenvalue weighted by atomic mass is 16.5. The summed E-state index contributed by atoms with van der Waals surface area (Å²) in [5.41, 5.74) is 12.3. The number of guanidine groups is 2. The third-order valence-electron chi connectivity index (χ3n) is 5.25. The summed E-state index contributed by atoms with van der Waals surface area (Å²) in [4.78, 5) is 22.2. The minimum atomic E-state index is -1.01. The van der Waals surface area contributed by atoms with E-state index in [1.165, 1.54) is 0 Å². The van der Waals surface area contributed by atoms with Gasteiger partial charge in [-0.25, -0.2) is 9.79 Å². The average molecular weight is 387 g/mol. The van der Waals surface area contributed by atoms with Gasteiger partial charge in [-0.2, -0.15) is 4.99 Å². The number of nitrogens with two attached hydrogens (primary N) is 2. The Morgan fingerprint density at radius 2 is 2.00 bits per heavy atom. The molecule has 8 heteroatoms. The van der Waals surface area contributed by atoms with Crippen LogP contribution < -0.4 is 21.1 Å². The molecule has 1 spiro atoms. The molecular weight excluding hydrogens is 358 g/mol. The molecule has 0 aromatic heterocycles. The number of aromatic carboxylic acids is 1. The normalized spacial score (nSPS) is 18.8. The van der Waals surface area contributed by atoms with Crippen molar-refractivity contribution in [1.82, 2.24) is 0 Å². The fraction of sp³-hybridized carbons (Fsp3) is 0.550. The van der Waals surface area contributed by atoms with Crippen molar-refractivity contribution in [3.05, 3.63) is 23.8 Å². The second-order valence-corrected chi connectivity index (χ2v) is 7.84. The summed E-state index contributed by atoms with van der Waals surface area (Å²) in [5, 5.41) is 9.49. The van der Waals surface area contributed by atoms with Crippen LogP contribution in [0.4, 0.5) is 5.69 Å². The van der Waals surface area contributed by atoms with Crippen molar-refractivity contribution in [3.8, 4) is 5.75 Å². The van der Waals surface area contributed by atoms with Crippen LogP contribution in [0.5, 0.6) is 5.75 Å². The summed E-state index contributed by atoms with van der Waals surface area (Å²) >= 11 is 0. The van der Waals surface area contributed by atoms with Crippen molar-refractivity contribution >= 4 is 23.6 Å². The zero-order valence-electron chi connectivity index (χ0n) is 16.5. The number of carboxylic acids is 1. The number of anilines is 1. The van der Waals surface area contributed by atoms with E-state index >= 15 is 0 Å². The molecule has 1 heterocycles. The maximum atomic E-state index is 11.6. The lowest BCUT2D eigenvalue weighted by Gasteiger charge is -2.46. The molecule has 28 heavy (non-hydrogen) atoms. The van der Waals surface area contributed by atoms with Crippen LogP contribution >= 0.6 is 0 Å². The monoisotopic (exact) mass is 387 g/mol. The summed E-state index contributed by atoms with van der Waals surface area (Å²) < 4.78 is 6.02. The summed E-state index contributed by atoms with van der Waals surface area (Å²) in [6, 6.07) is 4.81. The van der Waals surface area contributed by atoms with Gasteiger partial charge in [0.15, 0.2) is 0 Å². The molecule has 0 atom stereocenters. The molecule has 0 radical (unpaired) electrons. The molecule has 8 nitrogen and oxygen atoms in total. The fourth-order valence-electron chi connectivity index (χ4n) is 3.82. The molecule has 1 saturated carbocycles. The predicted molar refractivity (Wildman–Crippen MR) is 110 cm³/mol. The standard InChI is InChI=1S/C20H29N5O3/c1-13(2)8-11-28-16-7-6-14(17(26)27)12-15(16)25-19(22)23-18(21)24-20(25)9-4-3-5-10-20/h6-7,12-13H,3-5,8-11H2,1-2H3,(H,26,27)(H4,21,22,23,24). The molecule has 1 fully saturated rings. The zero-order valence-corrected chi connectivity index (χ0v) is 16.5. The molecule has 0 saturated heterocycles. The van der Waals surface area contributed by atoms with Crippen molar-refractivity contribution in [2.75, 3.05) is 11.5 Å².